The summed E-state index contributed by atoms with van der Waals surface area (Å²) in [5.74, 6) is 0.338. The van der Waals surface area contributed by atoms with Gasteiger partial charge >= 0.3 is 0 Å². The van der Waals surface area contributed by atoms with Gasteiger partial charge < -0.3 is 9.74 Å². The van der Waals surface area contributed by atoms with E-state index in [1.165, 1.54) is 17.7 Å². The minimum Gasteiger partial charge on any atom is -0.382 e. The molecule has 0 spiro atoms. The highest BCUT2D eigenvalue weighted by molar-refractivity contribution is 6.04. The molecule has 0 bridgehead atoms. The summed E-state index contributed by atoms with van der Waals surface area (Å²) in [6.45, 7) is 1.53. The molecule has 0 N–H and O–H groups in total. The van der Waals surface area contributed by atoms with Crippen LogP contribution in [0, 0.1) is 11.7 Å². The summed E-state index contributed by atoms with van der Waals surface area (Å²) in [5, 5.41) is 4.05. The number of amides is 1. The lowest BCUT2D eigenvalue weighted by Crippen LogP contribution is -2.44. The van der Waals surface area contributed by atoms with Crippen molar-refractivity contribution in [3.05, 3.63) is 71.5 Å². The van der Waals surface area contributed by atoms with E-state index in [0.717, 1.165) is 37.9 Å². The maximum Gasteiger partial charge on any atom is 0.266 e. The Morgan fingerprint density at radius 3 is 2.48 bits per heavy atom. The van der Waals surface area contributed by atoms with E-state index in [-0.39, 0.29) is 11.7 Å². The van der Waals surface area contributed by atoms with Crippen LogP contribution in [-0.2, 0) is 16.1 Å². The zero-order chi connectivity index (χ0) is 18.6. The predicted octanol–water partition coefficient (Wildman–Crippen LogP) is 3.80. The second-order valence-corrected chi connectivity index (χ2v) is 7.30. The van der Waals surface area contributed by atoms with E-state index in [2.05, 4.69) is 29.4 Å². The standard InChI is InChI=1S/C22H23FN2O2/c23-19-8-6-18(7-9-19)20-15-21(27-24-20)22(26)25-12-10-17(11-13-25)14-16-4-2-1-3-5-16/h1-9,17,21H,10-15H2. The number of halogens is 1. The van der Waals surface area contributed by atoms with Crippen LogP contribution in [0.25, 0.3) is 0 Å². The topological polar surface area (TPSA) is 41.9 Å². The van der Waals surface area contributed by atoms with Gasteiger partial charge in [0.15, 0.2) is 0 Å². The molecule has 1 unspecified atom stereocenters. The number of rotatable bonds is 4. The lowest BCUT2D eigenvalue weighted by Gasteiger charge is -2.33. The first-order valence-corrected chi connectivity index (χ1v) is 9.50. The van der Waals surface area contributed by atoms with E-state index < -0.39 is 6.10 Å². The van der Waals surface area contributed by atoms with Gasteiger partial charge in [0.25, 0.3) is 5.91 Å². The lowest BCUT2D eigenvalue weighted by atomic mass is 9.90. The van der Waals surface area contributed by atoms with Gasteiger partial charge in [0.1, 0.15) is 5.82 Å². The molecule has 4 rings (SSSR count). The van der Waals surface area contributed by atoms with Crippen molar-refractivity contribution in [1.82, 2.24) is 4.90 Å². The smallest absolute Gasteiger partial charge is 0.266 e. The minimum atomic E-state index is -0.560. The van der Waals surface area contributed by atoms with Crippen LogP contribution in [0.3, 0.4) is 0 Å². The van der Waals surface area contributed by atoms with Gasteiger partial charge in [-0.2, -0.15) is 0 Å². The van der Waals surface area contributed by atoms with Crippen LogP contribution in [0.1, 0.15) is 30.4 Å². The molecule has 1 saturated heterocycles. The average Bonchev–Trinajstić information content (AvgIpc) is 3.20. The van der Waals surface area contributed by atoms with Gasteiger partial charge in [0.2, 0.25) is 6.10 Å². The Morgan fingerprint density at radius 2 is 1.78 bits per heavy atom. The molecule has 1 fully saturated rings. The van der Waals surface area contributed by atoms with Crippen LogP contribution in [0.5, 0.6) is 0 Å². The third kappa shape index (κ3) is 4.18. The number of nitrogens with zero attached hydrogens (tertiary/aromatic N) is 2. The molecule has 2 aromatic rings. The van der Waals surface area contributed by atoms with E-state index in [0.29, 0.717) is 18.1 Å². The van der Waals surface area contributed by atoms with Gasteiger partial charge in [-0.15, -0.1) is 0 Å². The Balaban J connectivity index is 1.28. The van der Waals surface area contributed by atoms with E-state index in [1.807, 2.05) is 11.0 Å². The Hall–Kier alpha value is -2.69. The molecule has 0 radical (unpaired) electrons. The molecule has 27 heavy (non-hydrogen) atoms. The van der Waals surface area contributed by atoms with E-state index in [4.69, 9.17) is 4.84 Å². The Bertz CT molecular complexity index is 812. The highest BCUT2D eigenvalue weighted by Crippen LogP contribution is 2.24. The molecule has 0 aliphatic carbocycles. The first-order chi connectivity index (χ1) is 13.2. The van der Waals surface area contributed by atoms with Gasteiger partial charge in [0, 0.05) is 19.5 Å². The molecule has 4 nitrogen and oxygen atoms in total. The van der Waals surface area contributed by atoms with Gasteiger partial charge in [-0.3, -0.25) is 4.79 Å². The fourth-order valence-corrected chi connectivity index (χ4v) is 3.83. The largest absolute Gasteiger partial charge is 0.382 e. The molecule has 5 heteroatoms. The number of benzene rings is 2. The summed E-state index contributed by atoms with van der Waals surface area (Å²) >= 11 is 0. The van der Waals surface area contributed by atoms with Crippen molar-refractivity contribution in [3.63, 3.8) is 0 Å². The molecule has 2 aromatic carbocycles. The summed E-state index contributed by atoms with van der Waals surface area (Å²) in [4.78, 5) is 20.1. The summed E-state index contributed by atoms with van der Waals surface area (Å²) in [7, 11) is 0. The van der Waals surface area contributed by atoms with Crippen LogP contribution < -0.4 is 0 Å². The first-order valence-electron chi connectivity index (χ1n) is 9.50. The number of piperidine rings is 1. The van der Waals surface area contributed by atoms with Crippen molar-refractivity contribution in [2.24, 2.45) is 11.1 Å². The quantitative estimate of drug-likeness (QED) is 0.826. The number of oxime groups is 1. The molecule has 140 valence electrons. The van der Waals surface area contributed by atoms with Crippen molar-refractivity contribution in [2.45, 2.75) is 31.8 Å². The zero-order valence-electron chi connectivity index (χ0n) is 15.2. The number of carbonyl (C=O) groups excluding carboxylic acids is 1. The van der Waals surface area contributed by atoms with E-state index in [1.54, 1.807) is 12.1 Å². The normalized spacial score (nSPS) is 20.3. The van der Waals surface area contributed by atoms with Gasteiger partial charge in [0.05, 0.1) is 5.71 Å². The fourth-order valence-electron chi connectivity index (χ4n) is 3.83. The second kappa shape index (κ2) is 7.91. The van der Waals surface area contributed by atoms with Crippen LogP contribution in [0.4, 0.5) is 4.39 Å². The number of carbonyl (C=O) groups is 1. The van der Waals surface area contributed by atoms with Crippen LogP contribution >= 0.6 is 0 Å². The fraction of sp³-hybridized carbons (Fsp3) is 0.364. The van der Waals surface area contributed by atoms with Gasteiger partial charge in [-0.25, -0.2) is 4.39 Å². The van der Waals surface area contributed by atoms with E-state index in [9.17, 15) is 9.18 Å². The SMILES string of the molecule is O=C(C1CC(c2ccc(F)cc2)=NO1)N1CCC(Cc2ccccc2)CC1. The Morgan fingerprint density at radius 1 is 1.07 bits per heavy atom. The number of likely N-dealkylation sites (tertiary alicyclic amines) is 1. The molecule has 1 amide bonds. The highest BCUT2D eigenvalue weighted by Gasteiger charge is 2.34. The molecule has 0 saturated carbocycles. The minimum absolute atomic E-state index is 0.00835. The van der Waals surface area contributed by atoms with Crippen molar-refractivity contribution in [3.8, 4) is 0 Å². The monoisotopic (exact) mass is 366 g/mol. The van der Waals surface area contributed by atoms with Crippen molar-refractivity contribution in [2.75, 3.05) is 13.1 Å². The van der Waals surface area contributed by atoms with Crippen LogP contribution in [-0.4, -0.2) is 35.7 Å². The Labute approximate surface area is 158 Å². The molecule has 0 aromatic heterocycles. The lowest BCUT2D eigenvalue weighted by molar-refractivity contribution is -0.143. The zero-order valence-corrected chi connectivity index (χ0v) is 15.2. The van der Waals surface area contributed by atoms with Crippen LogP contribution in [0.15, 0.2) is 59.8 Å². The second-order valence-electron chi connectivity index (χ2n) is 7.30. The van der Waals surface area contributed by atoms with Crippen molar-refractivity contribution >= 4 is 11.6 Å². The first kappa shape index (κ1) is 17.7. The molecule has 2 aliphatic heterocycles. The van der Waals surface area contributed by atoms with Gasteiger partial charge in [-0.1, -0.05) is 47.6 Å². The van der Waals surface area contributed by atoms with Crippen LogP contribution in [0.2, 0.25) is 0 Å². The Kier molecular flexibility index (Phi) is 5.19. The number of hydrogen-bond donors (Lipinski definition) is 0. The molecule has 1 atom stereocenters. The molecular formula is C22H23FN2O2. The molecule has 2 aliphatic rings. The van der Waals surface area contributed by atoms with Gasteiger partial charge in [-0.05, 0) is 48.4 Å². The average molecular weight is 366 g/mol. The number of hydrogen-bond acceptors (Lipinski definition) is 3. The third-order valence-electron chi connectivity index (χ3n) is 5.42. The van der Waals surface area contributed by atoms with Crippen molar-refractivity contribution in [1.29, 1.82) is 0 Å². The molecular weight excluding hydrogens is 343 g/mol. The van der Waals surface area contributed by atoms with E-state index >= 15 is 0 Å². The maximum atomic E-state index is 13.1. The van der Waals surface area contributed by atoms with Crippen molar-refractivity contribution < 1.29 is 14.0 Å². The maximum absolute atomic E-state index is 13.1. The summed E-state index contributed by atoms with van der Waals surface area (Å²) in [6.07, 6.45) is 2.98. The summed E-state index contributed by atoms with van der Waals surface area (Å²) in [6, 6.07) is 16.6. The summed E-state index contributed by atoms with van der Waals surface area (Å²) in [5.41, 5.74) is 2.86. The summed E-state index contributed by atoms with van der Waals surface area (Å²) < 4.78 is 13.1. The third-order valence-corrected chi connectivity index (χ3v) is 5.42. The highest BCUT2D eigenvalue weighted by atomic mass is 19.1. The molecule has 2 heterocycles. The predicted molar refractivity (Wildman–Crippen MR) is 102 cm³/mol.